The second kappa shape index (κ2) is 9.75. The summed E-state index contributed by atoms with van der Waals surface area (Å²) in [5.41, 5.74) is 0.324. The number of aromatic nitrogens is 2. The maximum absolute atomic E-state index is 14.9. The van der Waals surface area contributed by atoms with E-state index in [2.05, 4.69) is 10.2 Å². The van der Waals surface area contributed by atoms with Crippen molar-refractivity contribution in [2.45, 2.75) is 49.2 Å². The van der Waals surface area contributed by atoms with Crippen LogP contribution in [0, 0.1) is 5.41 Å². The number of carbonyl (C=O) groups is 2. The molecular formula is C23H26F3N5O6S2. The first kappa shape index (κ1) is 28.8. The van der Waals surface area contributed by atoms with Crippen LogP contribution in [0.2, 0.25) is 0 Å². The first-order valence-electron chi connectivity index (χ1n) is 11.6. The van der Waals surface area contributed by atoms with Crippen LogP contribution in [0.5, 0.6) is 11.5 Å². The van der Waals surface area contributed by atoms with Crippen LogP contribution in [0.25, 0.3) is 0 Å². The van der Waals surface area contributed by atoms with Crippen LogP contribution in [0.1, 0.15) is 32.3 Å². The molecule has 1 atom stereocenters. The maximum Gasteiger partial charge on any atom is 0.421 e. The lowest BCUT2D eigenvalue weighted by molar-refractivity contribution is -0.188. The van der Waals surface area contributed by atoms with Crippen LogP contribution in [0.3, 0.4) is 0 Å². The molecule has 0 radical (unpaired) electrons. The predicted molar refractivity (Wildman–Crippen MR) is 133 cm³/mol. The molecule has 2 aromatic rings. The first-order chi connectivity index (χ1) is 18.1. The van der Waals surface area contributed by atoms with Gasteiger partial charge in [-0.15, -0.1) is 10.2 Å². The van der Waals surface area contributed by atoms with Gasteiger partial charge in [-0.3, -0.25) is 9.59 Å². The number of rotatable bonds is 8. The van der Waals surface area contributed by atoms with E-state index in [9.17, 15) is 31.2 Å². The van der Waals surface area contributed by atoms with Gasteiger partial charge in [-0.2, -0.15) is 17.9 Å². The predicted octanol–water partition coefficient (Wildman–Crippen LogP) is 2.45. The number of Topliss-reactive ketones (excluding diaryl/α,β-unsaturated/α-hetero) is 1. The molecule has 0 bridgehead atoms. The number of sulfonamides is 1. The number of nitrogens with zero attached hydrogens (tertiary/aromatic N) is 3. The Hall–Kier alpha value is -3.24. The molecule has 16 heteroatoms. The summed E-state index contributed by atoms with van der Waals surface area (Å²) in [6.07, 6.45) is -5.81. The van der Waals surface area contributed by atoms with Gasteiger partial charge in [-0.25, -0.2) is 8.42 Å². The number of nitrogen functional groups attached to an aromatic ring is 1. The molecule has 1 unspecified atom stereocenters. The summed E-state index contributed by atoms with van der Waals surface area (Å²) < 4.78 is 81.9. The molecule has 4 rings (SSSR count). The summed E-state index contributed by atoms with van der Waals surface area (Å²) in [4.78, 5) is 27.8. The number of allylic oxidation sites excluding steroid dienone is 1. The van der Waals surface area contributed by atoms with E-state index in [1.54, 1.807) is 32.0 Å². The molecule has 1 aromatic heterocycles. The van der Waals surface area contributed by atoms with E-state index < -0.39 is 48.8 Å². The van der Waals surface area contributed by atoms with E-state index in [4.69, 9.17) is 15.2 Å². The Kier molecular flexibility index (Phi) is 7.19. The molecule has 0 saturated heterocycles. The molecule has 212 valence electrons. The monoisotopic (exact) mass is 589 g/mol. The topological polar surface area (TPSA) is 154 Å². The molecule has 1 aliphatic carbocycles. The lowest BCUT2D eigenvalue weighted by Crippen LogP contribution is -2.66. The number of alkyl halides is 3. The van der Waals surface area contributed by atoms with Gasteiger partial charge in [-0.1, -0.05) is 31.3 Å². The molecular weight excluding hydrogens is 563 g/mol. The van der Waals surface area contributed by atoms with Crippen molar-refractivity contribution in [3.63, 3.8) is 0 Å². The Balaban J connectivity index is 1.81. The Morgan fingerprint density at radius 1 is 1.13 bits per heavy atom. The number of carbonyl (C=O) groups excluding carboxylic acids is 2. The van der Waals surface area contributed by atoms with E-state index in [1.807, 2.05) is 0 Å². The zero-order chi connectivity index (χ0) is 29.0. The molecule has 11 nitrogen and oxygen atoms in total. The van der Waals surface area contributed by atoms with Gasteiger partial charge in [0.25, 0.3) is 15.9 Å². The Morgan fingerprint density at radius 3 is 2.36 bits per heavy atom. The van der Waals surface area contributed by atoms with E-state index in [1.165, 1.54) is 18.9 Å². The number of ketones is 1. The molecule has 0 spiro atoms. The second-order valence-corrected chi connectivity index (χ2v) is 12.8. The molecule has 1 aliphatic heterocycles. The molecule has 2 aliphatic rings. The third-order valence-electron chi connectivity index (χ3n) is 6.56. The summed E-state index contributed by atoms with van der Waals surface area (Å²) in [6.45, 7) is 3.11. The number of benzene rings is 1. The summed E-state index contributed by atoms with van der Waals surface area (Å²) in [6, 6.07) is 4.89. The first-order valence-corrected chi connectivity index (χ1v) is 13.9. The molecule has 3 N–H and O–H groups in total. The van der Waals surface area contributed by atoms with Crippen LogP contribution in [0.4, 0.5) is 18.3 Å². The van der Waals surface area contributed by atoms with Crippen molar-refractivity contribution < 1.29 is 40.7 Å². The third-order valence-corrected chi connectivity index (χ3v) is 9.13. The molecule has 39 heavy (non-hydrogen) atoms. The Labute approximate surface area is 226 Å². The van der Waals surface area contributed by atoms with Gasteiger partial charge in [0.1, 0.15) is 0 Å². The maximum atomic E-state index is 14.9. The van der Waals surface area contributed by atoms with Crippen molar-refractivity contribution in [2.24, 2.45) is 5.41 Å². The van der Waals surface area contributed by atoms with Crippen LogP contribution < -0.4 is 19.9 Å². The fourth-order valence-corrected chi connectivity index (χ4v) is 6.99. The Bertz CT molecular complexity index is 1470. The molecule has 2 heterocycles. The van der Waals surface area contributed by atoms with Crippen LogP contribution in [0.15, 0.2) is 33.8 Å². The van der Waals surface area contributed by atoms with Crippen molar-refractivity contribution in [3.8, 4) is 11.5 Å². The van der Waals surface area contributed by atoms with Crippen molar-refractivity contribution in [2.75, 3.05) is 26.5 Å². The number of nitrogens with one attached hydrogen (secondary N) is 1. The van der Waals surface area contributed by atoms with Gasteiger partial charge in [-0.05, 0) is 36.0 Å². The van der Waals surface area contributed by atoms with Crippen molar-refractivity contribution in [1.82, 2.24) is 19.8 Å². The molecule has 1 amide bonds. The molecule has 1 aromatic carbocycles. The number of hydrogen-bond acceptors (Lipinski definition) is 10. The highest BCUT2D eigenvalue weighted by Gasteiger charge is 2.72. The summed E-state index contributed by atoms with van der Waals surface area (Å²) >= 11 is 0.323. The zero-order valence-electron chi connectivity index (χ0n) is 21.4. The lowest BCUT2D eigenvalue weighted by Gasteiger charge is -2.35. The van der Waals surface area contributed by atoms with E-state index in [-0.39, 0.29) is 36.6 Å². The average molecular weight is 590 g/mol. The molecule has 0 fully saturated rings. The van der Waals surface area contributed by atoms with Gasteiger partial charge in [0.2, 0.25) is 15.0 Å². The lowest BCUT2D eigenvalue weighted by atomic mass is 9.72. The van der Waals surface area contributed by atoms with Gasteiger partial charge >= 0.3 is 6.18 Å². The third kappa shape index (κ3) is 4.96. The van der Waals surface area contributed by atoms with Crippen molar-refractivity contribution in [3.05, 3.63) is 35.0 Å². The second-order valence-electron chi connectivity index (χ2n) is 9.92. The van der Waals surface area contributed by atoms with Gasteiger partial charge in [0, 0.05) is 18.7 Å². The number of anilines is 1. The highest BCUT2D eigenvalue weighted by molar-refractivity contribution is 7.91. The number of nitrogens with two attached hydrogens (primary N) is 1. The van der Waals surface area contributed by atoms with Crippen molar-refractivity contribution >= 4 is 38.2 Å². The van der Waals surface area contributed by atoms with Crippen LogP contribution in [-0.2, 0) is 26.0 Å². The summed E-state index contributed by atoms with van der Waals surface area (Å²) in [5.74, 6) is -1.77. The smallest absolute Gasteiger partial charge is 0.421 e. The van der Waals surface area contributed by atoms with Crippen LogP contribution >= 0.6 is 11.3 Å². The normalized spacial score (nSPS) is 21.4. The minimum absolute atomic E-state index is 0.0585. The SMILES string of the molecule is COc1ccc(CCN2C(=O)C(NS(=O)(=O)c3nnc(N)s3)(C(F)(F)F)C3=C2CC(C)(C)CC3=O)cc1OC. The fraction of sp³-hybridized carbons (Fsp3) is 0.478. The van der Waals surface area contributed by atoms with Gasteiger partial charge < -0.3 is 20.1 Å². The quantitative estimate of drug-likeness (QED) is 0.473. The summed E-state index contributed by atoms with van der Waals surface area (Å²) in [7, 11) is -2.20. The zero-order valence-corrected chi connectivity index (χ0v) is 23.0. The van der Waals surface area contributed by atoms with E-state index >= 15 is 0 Å². The molecule has 0 saturated carbocycles. The standard InChI is InChI=1S/C23H26F3N5O6S2/c1-21(2)10-13-17(14(32)11-21)22(23(24,25)26,30-39(34,35)20-29-28-19(27)38-20)18(33)31(13)8-7-12-5-6-15(36-3)16(9-12)37-4/h5-6,9,30H,7-8,10-11H2,1-4H3,(H2,27,28). The van der Waals surface area contributed by atoms with Gasteiger partial charge in [0.15, 0.2) is 17.3 Å². The van der Waals surface area contributed by atoms with E-state index in [0.29, 0.717) is 28.4 Å². The average Bonchev–Trinajstić information content (AvgIpc) is 3.37. The minimum atomic E-state index is -5.51. The Morgan fingerprint density at radius 2 is 1.79 bits per heavy atom. The number of ether oxygens (including phenoxy) is 2. The van der Waals surface area contributed by atoms with Gasteiger partial charge in [0.05, 0.1) is 19.8 Å². The number of halogens is 3. The van der Waals surface area contributed by atoms with Crippen LogP contribution in [-0.4, -0.2) is 67.7 Å². The number of hydrogen-bond donors (Lipinski definition) is 2. The number of amides is 1. The van der Waals surface area contributed by atoms with Crippen molar-refractivity contribution in [1.29, 1.82) is 0 Å². The number of methoxy groups -OCH3 is 2. The largest absolute Gasteiger partial charge is 0.493 e. The minimum Gasteiger partial charge on any atom is -0.493 e. The highest BCUT2D eigenvalue weighted by Crippen LogP contribution is 2.52. The van der Waals surface area contributed by atoms with E-state index in [0.717, 1.165) is 4.90 Å². The summed E-state index contributed by atoms with van der Waals surface area (Å²) in [5, 5.41) is 6.35. The highest BCUT2D eigenvalue weighted by atomic mass is 32.2. The fourth-order valence-electron chi connectivity index (χ4n) is 4.88.